The molecule has 1 aliphatic rings. The van der Waals surface area contributed by atoms with Gasteiger partial charge < -0.3 is 9.29 Å². The van der Waals surface area contributed by atoms with Gasteiger partial charge in [-0.3, -0.25) is 9.69 Å². The van der Waals surface area contributed by atoms with E-state index in [9.17, 15) is 23.1 Å². The number of carbonyl (C=O) groups is 2. The number of carboxylic acid groups (broad SMARTS) is 1. The maximum Gasteiger partial charge on any atom is 0.356 e. The van der Waals surface area contributed by atoms with Gasteiger partial charge in [-0.25, -0.2) is 4.79 Å². The molecule has 1 fully saturated rings. The minimum absolute atomic E-state index is 0.122. The molecule has 1 aromatic rings. The van der Waals surface area contributed by atoms with Crippen molar-refractivity contribution in [2.45, 2.75) is 49.8 Å². The molecule has 0 spiro atoms. The second-order valence-corrected chi connectivity index (χ2v) is 9.15. The highest BCUT2D eigenvalue weighted by Gasteiger charge is 2.43. The number of allylic oxidation sites excluding steroid dienone is 1. The molecular weight excluding hydrogens is 390 g/mol. The number of nitrogens with zero attached hydrogens (tertiary/aromatic N) is 1. The number of hydrogen-bond acceptors (Lipinski definition) is 6. The summed E-state index contributed by atoms with van der Waals surface area (Å²) in [7, 11) is -3.91. The number of likely N-dealkylation sites (tertiary alicyclic amines) is 1. The Labute approximate surface area is 163 Å². The lowest BCUT2D eigenvalue weighted by Gasteiger charge is -2.40. The van der Waals surface area contributed by atoms with Crippen LogP contribution in [-0.2, 0) is 23.9 Å². The number of carbonyl (C=O) groups excluding carboxylic acids is 1. The van der Waals surface area contributed by atoms with E-state index in [1.165, 1.54) is 11.8 Å². The molecule has 1 amide bonds. The largest absolute Gasteiger partial charge is 0.476 e. The number of benzene rings is 1. The third-order valence-corrected chi connectivity index (χ3v) is 5.61. The Morgan fingerprint density at radius 3 is 2.44 bits per heavy atom. The summed E-state index contributed by atoms with van der Waals surface area (Å²) >= 11 is 1.36. The van der Waals surface area contributed by atoms with Crippen molar-refractivity contribution in [2.24, 2.45) is 0 Å². The van der Waals surface area contributed by atoms with Crippen molar-refractivity contribution in [2.75, 3.05) is 6.26 Å². The minimum Gasteiger partial charge on any atom is -0.476 e. The molecule has 2 rings (SSSR count). The van der Waals surface area contributed by atoms with Crippen LogP contribution in [-0.4, -0.2) is 41.9 Å². The summed E-state index contributed by atoms with van der Waals surface area (Å²) in [6.07, 6.45) is 2.42. The van der Waals surface area contributed by atoms with Crippen molar-refractivity contribution in [3.05, 3.63) is 41.3 Å². The zero-order valence-corrected chi connectivity index (χ0v) is 17.1. The number of amides is 1. The lowest BCUT2D eigenvalue weighted by Crippen LogP contribution is -2.52. The van der Waals surface area contributed by atoms with Crippen LogP contribution >= 0.6 is 11.8 Å². The van der Waals surface area contributed by atoms with E-state index in [1.807, 2.05) is 38.1 Å². The molecule has 0 aromatic heterocycles. The van der Waals surface area contributed by atoms with Gasteiger partial charge in [-0.05, 0) is 25.5 Å². The number of unbranched alkanes of at least 4 members (excludes halogenated alkanes) is 1. The SMILES string of the molecule is CCCCC(OS(C)(=O)=O)=C(C(=O)O)N1C(=O)CC1Sc1ccc(C)cc1. The maximum absolute atomic E-state index is 12.2. The molecule has 1 heterocycles. The summed E-state index contributed by atoms with van der Waals surface area (Å²) in [6.45, 7) is 3.85. The van der Waals surface area contributed by atoms with Crippen molar-refractivity contribution >= 4 is 33.8 Å². The van der Waals surface area contributed by atoms with Crippen LogP contribution in [0.1, 0.15) is 38.2 Å². The first-order valence-corrected chi connectivity index (χ1v) is 11.2. The number of aryl methyl sites for hydroxylation is 1. The van der Waals surface area contributed by atoms with Gasteiger partial charge in [-0.1, -0.05) is 31.0 Å². The third-order valence-electron chi connectivity index (χ3n) is 3.92. The first-order valence-electron chi connectivity index (χ1n) is 8.53. The molecule has 1 atom stereocenters. The molecule has 7 nitrogen and oxygen atoms in total. The molecule has 0 saturated carbocycles. The van der Waals surface area contributed by atoms with Gasteiger partial charge in [-0.15, -0.1) is 11.8 Å². The van der Waals surface area contributed by atoms with Crippen LogP contribution in [0.5, 0.6) is 0 Å². The standard InChI is InChI=1S/C18H23NO6S2/c1-4-5-6-14(25-27(3,23)24)17(18(21)22)19-15(20)11-16(19)26-13-9-7-12(2)8-10-13/h7-10,16H,4-6,11H2,1-3H3,(H,21,22). The molecule has 9 heteroatoms. The second kappa shape index (κ2) is 8.79. The van der Waals surface area contributed by atoms with Gasteiger partial charge in [0, 0.05) is 11.3 Å². The summed E-state index contributed by atoms with van der Waals surface area (Å²) < 4.78 is 28.1. The molecule has 148 valence electrons. The highest BCUT2D eigenvalue weighted by molar-refractivity contribution is 8.00. The second-order valence-electron chi connectivity index (χ2n) is 6.32. The Bertz CT molecular complexity index is 845. The first kappa shape index (κ1) is 21.3. The monoisotopic (exact) mass is 413 g/mol. The Hall–Kier alpha value is -2.00. The Kier molecular flexibility index (Phi) is 6.94. The van der Waals surface area contributed by atoms with Crippen LogP contribution in [0.15, 0.2) is 40.6 Å². The molecular formula is C18H23NO6S2. The van der Waals surface area contributed by atoms with Crippen molar-refractivity contribution in [1.82, 2.24) is 4.90 Å². The predicted octanol–water partition coefficient (Wildman–Crippen LogP) is 3.11. The van der Waals surface area contributed by atoms with E-state index in [1.54, 1.807) is 0 Å². The summed E-state index contributed by atoms with van der Waals surface area (Å²) in [4.78, 5) is 26.1. The third kappa shape index (κ3) is 5.74. The smallest absolute Gasteiger partial charge is 0.356 e. The number of aliphatic carboxylic acids is 1. The van der Waals surface area contributed by atoms with Crippen LogP contribution in [0.25, 0.3) is 0 Å². The number of carboxylic acids is 1. The van der Waals surface area contributed by atoms with Crippen LogP contribution in [0.4, 0.5) is 0 Å². The van der Waals surface area contributed by atoms with Crippen LogP contribution in [0.2, 0.25) is 0 Å². The minimum atomic E-state index is -3.91. The van der Waals surface area contributed by atoms with Gasteiger partial charge in [0.15, 0.2) is 11.5 Å². The molecule has 0 aliphatic carbocycles. The molecule has 1 N–H and O–H groups in total. The number of hydrogen-bond donors (Lipinski definition) is 1. The summed E-state index contributed by atoms with van der Waals surface area (Å²) in [5.74, 6) is -1.95. The summed E-state index contributed by atoms with van der Waals surface area (Å²) in [6, 6.07) is 7.66. The molecule has 0 bridgehead atoms. The average molecular weight is 414 g/mol. The van der Waals surface area contributed by atoms with Gasteiger partial charge in [0.1, 0.15) is 0 Å². The maximum atomic E-state index is 12.2. The number of rotatable bonds is 9. The summed E-state index contributed by atoms with van der Waals surface area (Å²) in [5, 5.41) is 9.25. The number of thioether (sulfide) groups is 1. The Morgan fingerprint density at radius 2 is 1.96 bits per heavy atom. The van der Waals surface area contributed by atoms with E-state index in [0.717, 1.165) is 28.0 Å². The van der Waals surface area contributed by atoms with Gasteiger partial charge in [0.05, 0.1) is 18.1 Å². The van der Waals surface area contributed by atoms with Gasteiger partial charge in [0.25, 0.3) is 0 Å². The fourth-order valence-corrected chi connectivity index (χ4v) is 4.29. The fraction of sp³-hybridized carbons (Fsp3) is 0.444. The van der Waals surface area contributed by atoms with E-state index in [4.69, 9.17) is 4.18 Å². The van der Waals surface area contributed by atoms with Crippen LogP contribution in [0, 0.1) is 6.92 Å². The molecule has 0 radical (unpaired) electrons. The lowest BCUT2D eigenvalue weighted by atomic mass is 10.1. The van der Waals surface area contributed by atoms with Crippen molar-refractivity contribution in [3.63, 3.8) is 0 Å². The molecule has 1 aliphatic heterocycles. The lowest BCUT2D eigenvalue weighted by molar-refractivity contribution is -0.146. The van der Waals surface area contributed by atoms with Gasteiger partial charge in [-0.2, -0.15) is 8.42 Å². The van der Waals surface area contributed by atoms with Crippen molar-refractivity contribution < 1.29 is 27.3 Å². The van der Waals surface area contributed by atoms with Gasteiger partial charge >= 0.3 is 16.1 Å². The normalized spacial score (nSPS) is 18.0. The zero-order valence-electron chi connectivity index (χ0n) is 15.5. The Morgan fingerprint density at radius 1 is 1.33 bits per heavy atom. The van der Waals surface area contributed by atoms with Crippen molar-refractivity contribution in [1.29, 1.82) is 0 Å². The number of β-lactam (4-membered cyclic amide) rings is 1. The van der Waals surface area contributed by atoms with E-state index < -0.39 is 27.2 Å². The molecule has 27 heavy (non-hydrogen) atoms. The molecule has 1 aromatic carbocycles. The van der Waals surface area contributed by atoms with Crippen LogP contribution < -0.4 is 0 Å². The topological polar surface area (TPSA) is 101 Å². The zero-order chi connectivity index (χ0) is 20.2. The van der Waals surface area contributed by atoms with E-state index in [-0.39, 0.29) is 24.5 Å². The highest BCUT2D eigenvalue weighted by atomic mass is 32.2. The highest BCUT2D eigenvalue weighted by Crippen LogP contribution is 2.39. The fourth-order valence-electron chi connectivity index (χ4n) is 2.60. The van der Waals surface area contributed by atoms with E-state index in [0.29, 0.717) is 6.42 Å². The quantitative estimate of drug-likeness (QED) is 0.287. The predicted molar refractivity (Wildman–Crippen MR) is 102 cm³/mol. The summed E-state index contributed by atoms with van der Waals surface area (Å²) in [5.41, 5.74) is 0.699. The Balaban J connectivity index is 2.36. The van der Waals surface area contributed by atoms with Crippen LogP contribution in [0.3, 0.4) is 0 Å². The van der Waals surface area contributed by atoms with Crippen molar-refractivity contribution in [3.8, 4) is 0 Å². The molecule has 1 unspecified atom stereocenters. The van der Waals surface area contributed by atoms with Gasteiger partial charge in [0.2, 0.25) is 5.91 Å². The van der Waals surface area contributed by atoms with E-state index in [2.05, 4.69) is 0 Å². The average Bonchev–Trinajstić information content (AvgIpc) is 2.56. The first-order chi connectivity index (χ1) is 12.6. The van der Waals surface area contributed by atoms with E-state index >= 15 is 0 Å². The molecule has 1 saturated heterocycles.